The maximum atomic E-state index is 12.3. The van der Waals surface area contributed by atoms with E-state index in [2.05, 4.69) is 129 Å². The van der Waals surface area contributed by atoms with Crippen molar-refractivity contribution in [3.8, 4) is 0 Å². The van der Waals surface area contributed by atoms with Gasteiger partial charge in [-0.05, 0) is 83.5 Å². The van der Waals surface area contributed by atoms with Crippen molar-refractivity contribution in [3.05, 3.63) is 122 Å². The molecule has 0 heterocycles. The average molecular weight is 744 g/mol. The second kappa shape index (κ2) is 44.2. The Labute approximate surface area is 333 Å². The highest BCUT2D eigenvalue weighted by Gasteiger charge is 2.17. The molecule has 0 bridgehead atoms. The molecule has 0 saturated heterocycles. The fourth-order valence-corrected chi connectivity index (χ4v) is 5.65. The van der Waals surface area contributed by atoms with Crippen LogP contribution in [0.1, 0.15) is 168 Å². The lowest BCUT2D eigenvalue weighted by atomic mass is 10.0. The van der Waals surface area contributed by atoms with Crippen molar-refractivity contribution >= 4 is 5.91 Å². The largest absolute Gasteiger partial charge is 0.394 e. The van der Waals surface area contributed by atoms with Crippen LogP contribution in [0.25, 0.3) is 0 Å². The van der Waals surface area contributed by atoms with Crippen LogP contribution in [-0.4, -0.2) is 34.9 Å². The van der Waals surface area contributed by atoms with Crippen LogP contribution in [0.4, 0.5) is 0 Å². The van der Waals surface area contributed by atoms with Crippen LogP contribution < -0.4 is 5.32 Å². The predicted octanol–water partition coefficient (Wildman–Crippen LogP) is 13.8. The number of carbonyl (C=O) groups is 1. The molecular formula is C50H81NO3. The Hall–Kier alpha value is -3.21. The minimum atomic E-state index is -0.871. The molecule has 0 aromatic heterocycles. The minimum Gasteiger partial charge on any atom is -0.394 e. The van der Waals surface area contributed by atoms with Gasteiger partial charge in [-0.25, -0.2) is 0 Å². The Morgan fingerprint density at radius 3 is 1.20 bits per heavy atom. The molecule has 4 nitrogen and oxygen atoms in total. The Kier molecular flexibility index (Phi) is 41.6. The smallest absolute Gasteiger partial charge is 0.220 e. The van der Waals surface area contributed by atoms with Crippen molar-refractivity contribution in [1.29, 1.82) is 0 Å². The third-order valence-electron chi connectivity index (χ3n) is 8.95. The van der Waals surface area contributed by atoms with Gasteiger partial charge in [-0.2, -0.15) is 0 Å². The van der Waals surface area contributed by atoms with Gasteiger partial charge in [0.15, 0.2) is 0 Å². The highest BCUT2D eigenvalue weighted by molar-refractivity contribution is 5.76. The molecule has 2 atom stereocenters. The first-order valence-corrected chi connectivity index (χ1v) is 21.7. The second-order valence-corrected chi connectivity index (χ2v) is 14.0. The van der Waals surface area contributed by atoms with Crippen LogP contribution in [0.3, 0.4) is 0 Å². The van der Waals surface area contributed by atoms with Crippen LogP contribution in [0.15, 0.2) is 122 Å². The van der Waals surface area contributed by atoms with E-state index in [1.807, 2.05) is 6.08 Å². The lowest BCUT2D eigenvalue weighted by Gasteiger charge is -2.19. The van der Waals surface area contributed by atoms with Crippen molar-refractivity contribution in [2.24, 2.45) is 0 Å². The predicted molar refractivity (Wildman–Crippen MR) is 239 cm³/mol. The number of aliphatic hydroxyl groups is 2. The summed E-state index contributed by atoms with van der Waals surface area (Å²) in [5, 5.41) is 22.9. The summed E-state index contributed by atoms with van der Waals surface area (Å²) in [6.07, 6.45) is 68.7. The summed E-state index contributed by atoms with van der Waals surface area (Å²) < 4.78 is 0. The highest BCUT2D eigenvalue weighted by Crippen LogP contribution is 2.12. The lowest BCUT2D eigenvalue weighted by molar-refractivity contribution is -0.122. The maximum Gasteiger partial charge on any atom is 0.220 e. The van der Waals surface area contributed by atoms with Crippen molar-refractivity contribution in [2.75, 3.05) is 6.61 Å². The maximum absolute atomic E-state index is 12.3. The molecule has 0 aliphatic rings. The fourth-order valence-electron chi connectivity index (χ4n) is 5.65. The number of rotatable bonds is 37. The Morgan fingerprint density at radius 2 is 0.815 bits per heavy atom. The zero-order valence-corrected chi connectivity index (χ0v) is 34.7. The molecule has 0 aromatic carbocycles. The van der Waals surface area contributed by atoms with Gasteiger partial charge in [0.05, 0.1) is 18.8 Å². The summed E-state index contributed by atoms with van der Waals surface area (Å²) in [6.45, 7) is 4.14. The second-order valence-electron chi connectivity index (χ2n) is 14.0. The van der Waals surface area contributed by atoms with Gasteiger partial charge in [-0.1, -0.05) is 200 Å². The van der Waals surface area contributed by atoms with Crippen molar-refractivity contribution < 1.29 is 15.0 Å². The number of carbonyl (C=O) groups excluding carboxylic acids is 1. The first-order chi connectivity index (χ1) is 26.7. The van der Waals surface area contributed by atoms with Crippen LogP contribution in [-0.2, 0) is 4.79 Å². The van der Waals surface area contributed by atoms with Gasteiger partial charge in [0.1, 0.15) is 0 Å². The molecule has 1 amide bonds. The van der Waals surface area contributed by atoms with Gasteiger partial charge in [0.2, 0.25) is 5.91 Å². The average Bonchev–Trinajstić information content (AvgIpc) is 3.18. The normalized spacial score (nSPS) is 14.2. The lowest BCUT2D eigenvalue weighted by Crippen LogP contribution is -2.45. The quantitative estimate of drug-likeness (QED) is 0.0438. The van der Waals surface area contributed by atoms with E-state index in [1.165, 1.54) is 64.2 Å². The van der Waals surface area contributed by atoms with Crippen LogP contribution in [0.5, 0.6) is 0 Å². The summed E-state index contributed by atoms with van der Waals surface area (Å²) in [5.41, 5.74) is 0. The summed E-state index contributed by atoms with van der Waals surface area (Å²) in [4.78, 5) is 12.3. The number of allylic oxidation sites excluding steroid dienone is 19. The van der Waals surface area contributed by atoms with Gasteiger partial charge in [0, 0.05) is 6.42 Å². The van der Waals surface area contributed by atoms with Crippen molar-refractivity contribution in [2.45, 2.75) is 180 Å². The zero-order valence-electron chi connectivity index (χ0n) is 34.7. The van der Waals surface area contributed by atoms with E-state index >= 15 is 0 Å². The van der Waals surface area contributed by atoms with E-state index in [-0.39, 0.29) is 12.5 Å². The molecule has 0 aliphatic carbocycles. The Balaban J connectivity index is 3.79. The topological polar surface area (TPSA) is 69.6 Å². The zero-order chi connectivity index (χ0) is 39.3. The van der Waals surface area contributed by atoms with E-state index in [0.29, 0.717) is 6.42 Å². The van der Waals surface area contributed by atoms with Crippen LogP contribution in [0, 0.1) is 0 Å². The van der Waals surface area contributed by atoms with E-state index in [4.69, 9.17) is 0 Å². The van der Waals surface area contributed by atoms with E-state index in [1.54, 1.807) is 6.08 Å². The van der Waals surface area contributed by atoms with Crippen molar-refractivity contribution in [1.82, 2.24) is 5.32 Å². The van der Waals surface area contributed by atoms with Crippen LogP contribution >= 0.6 is 0 Å². The molecule has 3 N–H and O–H groups in total. The number of amides is 1. The Bertz CT molecular complexity index is 1120. The molecular weight excluding hydrogens is 663 g/mol. The number of aliphatic hydroxyl groups excluding tert-OH is 2. The molecule has 0 spiro atoms. The van der Waals surface area contributed by atoms with Gasteiger partial charge in [0.25, 0.3) is 0 Å². The monoisotopic (exact) mass is 744 g/mol. The fraction of sp³-hybridized carbons (Fsp3) is 0.580. The van der Waals surface area contributed by atoms with E-state index < -0.39 is 12.1 Å². The number of hydrogen-bond donors (Lipinski definition) is 3. The first-order valence-electron chi connectivity index (χ1n) is 21.7. The third-order valence-corrected chi connectivity index (χ3v) is 8.95. The van der Waals surface area contributed by atoms with Gasteiger partial charge in [-0.3, -0.25) is 4.79 Å². The number of nitrogens with one attached hydrogen (secondary N) is 1. The molecule has 0 aliphatic heterocycles. The molecule has 0 radical (unpaired) electrons. The molecule has 54 heavy (non-hydrogen) atoms. The van der Waals surface area contributed by atoms with Crippen molar-refractivity contribution in [3.63, 3.8) is 0 Å². The molecule has 0 saturated carbocycles. The standard InChI is InChI=1S/C50H81NO3/c1-3-5-7-9-11-13-15-17-18-19-20-21-22-23-24-25-26-27-28-29-30-31-32-34-36-38-40-42-44-46-50(54)51-48(47-52)49(53)45-43-41-39-37-35-33-16-14-12-10-8-6-4-2/h5,7,11,13,17-18,20-21,23-24,26-27,29-30,32,34,38,40,43,45,48-49,52-53H,3-4,6,8-10,12,14-16,19,22,25,28,31,33,35-37,39,41-42,44,46-47H2,1-2H3,(H,51,54)/b7-5-,13-11-,18-17-,21-20-,24-23-,27-26-,30-29-,34-32-,40-38-,45-43+. The summed E-state index contributed by atoms with van der Waals surface area (Å²) in [6, 6.07) is -0.661. The molecule has 0 rings (SSSR count). The van der Waals surface area contributed by atoms with Gasteiger partial charge in [-0.15, -0.1) is 0 Å². The highest BCUT2D eigenvalue weighted by atomic mass is 16.3. The first kappa shape index (κ1) is 50.8. The molecule has 0 aromatic rings. The van der Waals surface area contributed by atoms with Gasteiger partial charge < -0.3 is 15.5 Å². The van der Waals surface area contributed by atoms with E-state index in [9.17, 15) is 15.0 Å². The van der Waals surface area contributed by atoms with Gasteiger partial charge >= 0.3 is 0 Å². The third kappa shape index (κ3) is 40.0. The van der Waals surface area contributed by atoms with Crippen LogP contribution in [0.2, 0.25) is 0 Å². The summed E-state index contributed by atoms with van der Waals surface area (Å²) in [5.74, 6) is -0.129. The SMILES string of the molecule is CC/C=C\C/C=C\C/C=C\C/C=C\C/C=C\C/C=C\C/C=C\C/C=C\C/C=C\CCCC(=O)NC(CO)C(O)/C=C/CCCCCCCCCCCCC. The molecule has 0 fully saturated rings. The molecule has 2 unspecified atom stereocenters. The number of unbranched alkanes of at least 4 members (excludes halogenated alkanes) is 12. The number of hydrogen-bond acceptors (Lipinski definition) is 3. The minimum absolute atomic E-state index is 0.129. The Morgan fingerprint density at radius 1 is 0.463 bits per heavy atom. The molecule has 4 heteroatoms. The summed E-state index contributed by atoms with van der Waals surface area (Å²) in [7, 11) is 0. The van der Waals surface area contributed by atoms with E-state index in [0.717, 1.165) is 83.5 Å². The molecule has 304 valence electrons. The summed E-state index contributed by atoms with van der Waals surface area (Å²) >= 11 is 0.